The minimum atomic E-state index is -0.819. The Bertz CT molecular complexity index is 440. The highest BCUT2D eigenvalue weighted by Gasteiger charge is 2.60. The molecule has 5 atom stereocenters. The lowest BCUT2D eigenvalue weighted by Gasteiger charge is -2.22. The molecule has 2 aliphatic carbocycles. The number of hydrogen-bond acceptors (Lipinski definition) is 4. The van der Waals surface area contributed by atoms with Gasteiger partial charge in [-0.2, -0.15) is 0 Å². The van der Waals surface area contributed by atoms with Gasteiger partial charge < -0.3 is 4.74 Å². The lowest BCUT2D eigenvalue weighted by molar-refractivity contribution is -0.156. The molecule has 0 unspecified atom stereocenters. The first-order valence-electron chi connectivity index (χ1n) is 6.19. The zero-order chi connectivity index (χ0) is 13.0. The predicted molar refractivity (Wildman–Crippen MR) is 61.0 cm³/mol. The van der Waals surface area contributed by atoms with Crippen molar-refractivity contribution in [2.24, 2.45) is 23.7 Å². The van der Waals surface area contributed by atoms with E-state index in [1.54, 1.807) is 0 Å². The molecular formula is C13H15NO4. The van der Waals surface area contributed by atoms with Crippen LogP contribution in [0, 0.1) is 23.7 Å². The van der Waals surface area contributed by atoms with Crippen LogP contribution in [0.3, 0.4) is 0 Å². The van der Waals surface area contributed by atoms with Gasteiger partial charge in [0, 0.05) is 0 Å². The van der Waals surface area contributed by atoms with Crippen molar-refractivity contribution < 1.29 is 19.1 Å². The molecule has 2 bridgehead atoms. The Kier molecular flexibility index (Phi) is 2.33. The number of ether oxygens (including phenoxy) is 1. The van der Waals surface area contributed by atoms with Crippen molar-refractivity contribution in [2.45, 2.75) is 19.4 Å². The molecule has 5 nitrogen and oxygen atoms in total. The molecule has 3 aliphatic rings. The Balaban J connectivity index is 1.90. The number of rotatable bonds is 2. The number of carbonyl (C=O) groups is 3. The number of likely N-dealkylation sites (tertiary alicyclic amines) is 1. The highest BCUT2D eigenvalue weighted by Crippen LogP contribution is 2.52. The molecule has 0 aromatic carbocycles. The van der Waals surface area contributed by atoms with Gasteiger partial charge in [-0.15, -0.1) is 0 Å². The number of amides is 2. The first-order chi connectivity index (χ1) is 8.56. The van der Waals surface area contributed by atoms with Crippen molar-refractivity contribution >= 4 is 17.8 Å². The van der Waals surface area contributed by atoms with Gasteiger partial charge in [-0.1, -0.05) is 12.2 Å². The summed E-state index contributed by atoms with van der Waals surface area (Å²) < 4.78 is 4.61. The van der Waals surface area contributed by atoms with Crippen molar-refractivity contribution in [1.29, 1.82) is 0 Å². The second-order valence-electron chi connectivity index (χ2n) is 5.25. The standard InChI is InChI=1S/C13H15NO4/c1-6(13(17)18-2)14-11(15)9-7-3-4-8(5-7)10(9)12(14)16/h3-4,6-10H,5H2,1-2H3/t6-,7-,8+,9-,10+/m0/s1. The van der Waals surface area contributed by atoms with E-state index in [0.717, 1.165) is 11.3 Å². The zero-order valence-electron chi connectivity index (χ0n) is 10.3. The van der Waals surface area contributed by atoms with E-state index in [2.05, 4.69) is 4.74 Å². The summed E-state index contributed by atoms with van der Waals surface area (Å²) in [6.45, 7) is 1.54. The Labute approximate surface area is 105 Å². The maximum Gasteiger partial charge on any atom is 0.328 e. The Morgan fingerprint density at radius 2 is 1.78 bits per heavy atom. The second-order valence-corrected chi connectivity index (χ2v) is 5.25. The van der Waals surface area contributed by atoms with Gasteiger partial charge >= 0.3 is 5.97 Å². The fraction of sp³-hybridized carbons (Fsp3) is 0.615. The lowest BCUT2D eigenvalue weighted by Crippen LogP contribution is -2.45. The van der Waals surface area contributed by atoms with E-state index < -0.39 is 12.0 Å². The van der Waals surface area contributed by atoms with E-state index in [-0.39, 0.29) is 35.5 Å². The summed E-state index contributed by atoms with van der Waals surface area (Å²) in [7, 11) is 1.26. The van der Waals surface area contributed by atoms with E-state index in [9.17, 15) is 14.4 Å². The van der Waals surface area contributed by atoms with Crippen LogP contribution in [0.25, 0.3) is 0 Å². The molecule has 2 fully saturated rings. The molecule has 3 rings (SSSR count). The lowest BCUT2D eigenvalue weighted by atomic mass is 9.85. The van der Waals surface area contributed by atoms with Crippen molar-refractivity contribution in [3.63, 3.8) is 0 Å². The summed E-state index contributed by atoms with van der Waals surface area (Å²) in [4.78, 5) is 37.2. The fourth-order valence-corrected chi connectivity index (χ4v) is 3.58. The number of carbonyl (C=O) groups excluding carboxylic acids is 3. The first kappa shape index (κ1) is 11.4. The maximum atomic E-state index is 12.3. The highest BCUT2D eigenvalue weighted by molar-refractivity contribution is 6.08. The number of allylic oxidation sites excluding steroid dienone is 2. The van der Waals surface area contributed by atoms with E-state index in [4.69, 9.17) is 0 Å². The van der Waals surface area contributed by atoms with Crippen molar-refractivity contribution in [2.75, 3.05) is 7.11 Å². The highest BCUT2D eigenvalue weighted by atomic mass is 16.5. The van der Waals surface area contributed by atoms with Crippen molar-refractivity contribution in [3.05, 3.63) is 12.2 Å². The summed E-state index contributed by atoms with van der Waals surface area (Å²) >= 11 is 0. The number of esters is 1. The quantitative estimate of drug-likeness (QED) is 0.402. The van der Waals surface area contributed by atoms with Crippen LogP contribution in [0.5, 0.6) is 0 Å². The average Bonchev–Trinajstić information content (AvgIpc) is 3.02. The van der Waals surface area contributed by atoms with Gasteiger partial charge in [0.1, 0.15) is 6.04 Å². The molecule has 18 heavy (non-hydrogen) atoms. The van der Waals surface area contributed by atoms with Gasteiger partial charge in [0.15, 0.2) is 0 Å². The average molecular weight is 249 g/mol. The molecule has 0 aromatic heterocycles. The largest absolute Gasteiger partial charge is 0.467 e. The summed E-state index contributed by atoms with van der Waals surface area (Å²) in [6.07, 6.45) is 4.96. The number of hydrogen-bond donors (Lipinski definition) is 0. The molecule has 1 heterocycles. The van der Waals surface area contributed by atoms with E-state index >= 15 is 0 Å². The third-order valence-electron chi connectivity index (χ3n) is 4.43. The minimum absolute atomic E-state index is 0.172. The topological polar surface area (TPSA) is 63.7 Å². The van der Waals surface area contributed by atoms with Crippen LogP contribution in [0.15, 0.2) is 12.2 Å². The third-order valence-corrected chi connectivity index (χ3v) is 4.43. The summed E-state index contributed by atoms with van der Waals surface area (Å²) in [5, 5.41) is 0. The van der Waals surface area contributed by atoms with E-state index in [1.807, 2.05) is 12.2 Å². The molecule has 2 amide bonds. The third kappa shape index (κ3) is 1.24. The minimum Gasteiger partial charge on any atom is -0.467 e. The molecular weight excluding hydrogens is 234 g/mol. The van der Waals surface area contributed by atoms with E-state index in [1.165, 1.54) is 14.0 Å². The molecule has 5 heteroatoms. The first-order valence-corrected chi connectivity index (χ1v) is 6.19. The van der Waals surface area contributed by atoms with Crippen LogP contribution >= 0.6 is 0 Å². The molecule has 1 saturated heterocycles. The maximum absolute atomic E-state index is 12.3. The monoisotopic (exact) mass is 249 g/mol. The van der Waals surface area contributed by atoms with Gasteiger partial charge in [-0.25, -0.2) is 4.79 Å². The Hall–Kier alpha value is -1.65. The summed E-state index contributed by atoms with van der Waals surface area (Å²) in [6, 6.07) is -0.819. The normalized spacial score (nSPS) is 38.2. The van der Waals surface area contributed by atoms with Crippen LogP contribution in [-0.2, 0) is 19.1 Å². The molecule has 1 aliphatic heterocycles. The summed E-state index contributed by atoms with van der Waals surface area (Å²) in [5.41, 5.74) is 0. The Morgan fingerprint density at radius 1 is 1.28 bits per heavy atom. The molecule has 96 valence electrons. The van der Waals surface area contributed by atoms with Crippen LogP contribution in [-0.4, -0.2) is 35.8 Å². The number of fused-ring (bicyclic) bond motifs is 5. The predicted octanol–water partition coefficient (Wildman–Crippen LogP) is 0.355. The molecule has 0 aromatic rings. The van der Waals surface area contributed by atoms with Gasteiger partial charge in [0.25, 0.3) is 0 Å². The fourth-order valence-electron chi connectivity index (χ4n) is 3.58. The van der Waals surface area contributed by atoms with Gasteiger partial charge in [-0.3, -0.25) is 14.5 Å². The molecule has 0 radical (unpaired) electrons. The van der Waals surface area contributed by atoms with E-state index in [0.29, 0.717) is 0 Å². The van der Waals surface area contributed by atoms with Crippen LogP contribution in [0.2, 0.25) is 0 Å². The molecule has 0 spiro atoms. The number of imide groups is 1. The van der Waals surface area contributed by atoms with Crippen LogP contribution in [0.4, 0.5) is 0 Å². The molecule has 0 N–H and O–H groups in total. The Morgan fingerprint density at radius 3 is 2.22 bits per heavy atom. The summed E-state index contributed by atoms with van der Waals surface area (Å²) in [5.74, 6) is -1.12. The van der Waals surface area contributed by atoms with Gasteiger partial charge in [0.05, 0.1) is 18.9 Å². The van der Waals surface area contributed by atoms with Crippen LogP contribution in [0.1, 0.15) is 13.3 Å². The zero-order valence-corrected chi connectivity index (χ0v) is 10.3. The number of methoxy groups -OCH3 is 1. The van der Waals surface area contributed by atoms with Crippen LogP contribution < -0.4 is 0 Å². The van der Waals surface area contributed by atoms with Gasteiger partial charge in [-0.05, 0) is 25.2 Å². The smallest absolute Gasteiger partial charge is 0.328 e. The van der Waals surface area contributed by atoms with Gasteiger partial charge in [0.2, 0.25) is 11.8 Å². The van der Waals surface area contributed by atoms with Crippen molar-refractivity contribution in [1.82, 2.24) is 4.90 Å². The SMILES string of the molecule is COC(=O)[C@H](C)N1C(=O)[C@@H]2[C@H](C1=O)[C@@H]1C=C[C@H]2C1. The van der Waals surface area contributed by atoms with Crippen molar-refractivity contribution in [3.8, 4) is 0 Å². The molecule has 1 saturated carbocycles. The second kappa shape index (κ2) is 3.67. The number of nitrogens with zero attached hydrogens (tertiary/aromatic N) is 1.